The molecule has 0 aliphatic rings. The van der Waals surface area contributed by atoms with Gasteiger partial charge in [0.15, 0.2) is 0 Å². The number of nitrogens with zero attached hydrogens (tertiary/aromatic N) is 2. The summed E-state index contributed by atoms with van der Waals surface area (Å²) >= 11 is 0. The molecule has 112 valence electrons. The molecule has 1 N–H and O–H groups in total. The summed E-state index contributed by atoms with van der Waals surface area (Å²) in [4.78, 5) is 16.2. The summed E-state index contributed by atoms with van der Waals surface area (Å²) in [6.07, 6.45) is 1.87. The Labute approximate surface area is 125 Å². The van der Waals surface area contributed by atoms with Crippen molar-refractivity contribution in [3.8, 4) is 0 Å². The second-order valence-electron chi connectivity index (χ2n) is 5.49. The lowest BCUT2D eigenvalue weighted by molar-refractivity contribution is 0.724. The van der Waals surface area contributed by atoms with Gasteiger partial charge in [-0.15, -0.1) is 0 Å². The van der Waals surface area contributed by atoms with E-state index in [0.717, 1.165) is 17.1 Å². The molecule has 21 heavy (non-hydrogen) atoms. The minimum atomic E-state index is 0.0278. The molecular weight excluding hydrogens is 262 g/mol. The molecular formula is C17H23N3O. The number of hydrogen-bond donors (Lipinski definition) is 1. The molecule has 4 nitrogen and oxygen atoms in total. The lowest BCUT2D eigenvalue weighted by Crippen LogP contribution is -2.19. The lowest BCUT2D eigenvalue weighted by atomic mass is 10.0. The summed E-state index contributed by atoms with van der Waals surface area (Å²) in [5.41, 5.74) is 5.53. The minimum Gasteiger partial charge on any atom is -0.377 e. The summed E-state index contributed by atoms with van der Waals surface area (Å²) in [6, 6.07) is 5.68. The summed E-state index contributed by atoms with van der Waals surface area (Å²) in [7, 11) is 0. The molecule has 0 aliphatic heterocycles. The molecule has 0 aliphatic carbocycles. The van der Waals surface area contributed by atoms with Gasteiger partial charge in [0.05, 0.1) is 11.7 Å². The van der Waals surface area contributed by atoms with Crippen LogP contribution in [0.3, 0.4) is 0 Å². The van der Waals surface area contributed by atoms with E-state index in [4.69, 9.17) is 0 Å². The van der Waals surface area contributed by atoms with Crippen molar-refractivity contribution in [2.45, 2.75) is 47.2 Å². The van der Waals surface area contributed by atoms with Crippen LogP contribution in [0, 0.1) is 20.8 Å². The van der Waals surface area contributed by atoms with Crippen molar-refractivity contribution < 1.29 is 0 Å². The average Bonchev–Trinajstić information content (AvgIpc) is 2.39. The van der Waals surface area contributed by atoms with Crippen molar-refractivity contribution in [3.05, 3.63) is 57.3 Å². The predicted molar refractivity (Wildman–Crippen MR) is 86.9 cm³/mol. The summed E-state index contributed by atoms with van der Waals surface area (Å²) < 4.78 is 1.70. The van der Waals surface area contributed by atoms with Crippen LogP contribution < -0.4 is 10.9 Å². The Morgan fingerprint density at radius 2 is 2.00 bits per heavy atom. The molecule has 4 heteroatoms. The molecule has 2 rings (SSSR count). The van der Waals surface area contributed by atoms with Crippen LogP contribution >= 0.6 is 0 Å². The van der Waals surface area contributed by atoms with Gasteiger partial charge in [-0.2, -0.15) is 0 Å². The van der Waals surface area contributed by atoms with E-state index in [0.29, 0.717) is 6.54 Å². The number of anilines is 1. The number of rotatable bonds is 4. The van der Waals surface area contributed by atoms with Gasteiger partial charge in [-0.05, 0) is 57.9 Å². The molecule has 0 radical (unpaired) electrons. The van der Waals surface area contributed by atoms with Crippen LogP contribution in [0.1, 0.15) is 42.4 Å². The maximum atomic E-state index is 11.6. The number of aromatic nitrogens is 2. The molecule has 1 atom stereocenters. The van der Waals surface area contributed by atoms with Crippen LogP contribution in [-0.4, -0.2) is 9.55 Å². The van der Waals surface area contributed by atoms with E-state index in [-0.39, 0.29) is 11.6 Å². The van der Waals surface area contributed by atoms with Crippen molar-refractivity contribution in [1.29, 1.82) is 0 Å². The Kier molecular flexibility index (Phi) is 4.46. The number of hydrogen-bond acceptors (Lipinski definition) is 3. The predicted octanol–water partition coefficient (Wildman–Crippen LogP) is 3.36. The molecule has 0 saturated heterocycles. The number of nitrogens with one attached hydrogen (secondary N) is 1. The zero-order valence-electron chi connectivity index (χ0n) is 13.4. The highest BCUT2D eigenvalue weighted by Crippen LogP contribution is 2.24. The van der Waals surface area contributed by atoms with Crippen LogP contribution in [0.25, 0.3) is 0 Å². The number of pyridine rings is 2. The second kappa shape index (κ2) is 6.12. The van der Waals surface area contributed by atoms with Gasteiger partial charge in [-0.1, -0.05) is 0 Å². The van der Waals surface area contributed by atoms with Gasteiger partial charge in [-0.3, -0.25) is 9.78 Å². The van der Waals surface area contributed by atoms with E-state index in [1.807, 2.05) is 33.0 Å². The third kappa shape index (κ3) is 3.32. The fraction of sp³-hybridized carbons (Fsp3) is 0.412. The Morgan fingerprint density at radius 3 is 2.62 bits per heavy atom. The Balaban J connectivity index is 2.30. The Hall–Kier alpha value is -2.10. The summed E-state index contributed by atoms with van der Waals surface area (Å²) in [5.74, 6) is 0. The van der Waals surface area contributed by atoms with Crippen LogP contribution in [0.5, 0.6) is 0 Å². The fourth-order valence-corrected chi connectivity index (χ4v) is 2.87. The fourth-order valence-electron chi connectivity index (χ4n) is 2.87. The Bertz CT molecular complexity index is 680. The van der Waals surface area contributed by atoms with Crippen molar-refractivity contribution in [1.82, 2.24) is 9.55 Å². The molecule has 0 aromatic carbocycles. The van der Waals surface area contributed by atoms with E-state index in [1.165, 1.54) is 11.1 Å². The highest BCUT2D eigenvalue weighted by molar-refractivity contribution is 5.45. The normalized spacial score (nSPS) is 12.2. The van der Waals surface area contributed by atoms with Gasteiger partial charge >= 0.3 is 0 Å². The van der Waals surface area contributed by atoms with Gasteiger partial charge in [0.2, 0.25) is 0 Å². The SMILES string of the molecule is CCn1cc(NC(C)c2c(C)cc(C)nc2C)ccc1=O. The second-order valence-corrected chi connectivity index (χ2v) is 5.49. The average molecular weight is 285 g/mol. The molecule has 0 amide bonds. The third-order valence-corrected chi connectivity index (χ3v) is 3.72. The first-order valence-corrected chi connectivity index (χ1v) is 7.34. The molecule has 2 aromatic rings. The quantitative estimate of drug-likeness (QED) is 0.937. The maximum Gasteiger partial charge on any atom is 0.250 e. The zero-order valence-corrected chi connectivity index (χ0v) is 13.4. The van der Waals surface area contributed by atoms with E-state index in [1.54, 1.807) is 10.6 Å². The first-order valence-electron chi connectivity index (χ1n) is 7.34. The molecule has 0 spiro atoms. The number of aryl methyl sites for hydroxylation is 4. The van der Waals surface area contributed by atoms with E-state index < -0.39 is 0 Å². The van der Waals surface area contributed by atoms with Gasteiger partial charge in [0, 0.05) is 30.2 Å². The molecule has 0 fully saturated rings. The lowest BCUT2D eigenvalue weighted by Gasteiger charge is -2.20. The van der Waals surface area contributed by atoms with E-state index in [9.17, 15) is 4.79 Å². The summed E-state index contributed by atoms with van der Waals surface area (Å²) in [5, 5.41) is 3.46. The molecule has 2 heterocycles. The van der Waals surface area contributed by atoms with Crippen molar-refractivity contribution in [3.63, 3.8) is 0 Å². The van der Waals surface area contributed by atoms with Crippen molar-refractivity contribution in [2.75, 3.05) is 5.32 Å². The molecule has 1 unspecified atom stereocenters. The van der Waals surface area contributed by atoms with Crippen LogP contribution in [-0.2, 0) is 6.54 Å². The maximum absolute atomic E-state index is 11.6. The molecule has 0 bridgehead atoms. The Morgan fingerprint density at radius 1 is 1.29 bits per heavy atom. The van der Waals surface area contributed by atoms with Crippen molar-refractivity contribution in [2.24, 2.45) is 0 Å². The van der Waals surface area contributed by atoms with Gasteiger partial charge < -0.3 is 9.88 Å². The molecule has 0 saturated carbocycles. The highest BCUT2D eigenvalue weighted by atomic mass is 16.1. The first kappa shape index (κ1) is 15.3. The van der Waals surface area contributed by atoms with Gasteiger partial charge in [0.25, 0.3) is 5.56 Å². The summed E-state index contributed by atoms with van der Waals surface area (Å²) in [6.45, 7) is 10.9. The standard InChI is InChI=1S/C17H23N3O/c1-6-20-10-15(7-8-16(20)21)19-14(5)17-11(2)9-12(3)18-13(17)4/h7-10,14,19H,6H2,1-5H3. The van der Waals surface area contributed by atoms with Crippen LogP contribution in [0.15, 0.2) is 29.2 Å². The smallest absolute Gasteiger partial charge is 0.250 e. The topological polar surface area (TPSA) is 46.9 Å². The largest absolute Gasteiger partial charge is 0.377 e. The van der Waals surface area contributed by atoms with Gasteiger partial charge in [-0.25, -0.2) is 0 Å². The third-order valence-electron chi connectivity index (χ3n) is 3.72. The minimum absolute atomic E-state index is 0.0278. The van der Waals surface area contributed by atoms with Crippen LogP contribution in [0.4, 0.5) is 5.69 Å². The van der Waals surface area contributed by atoms with Crippen molar-refractivity contribution >= 4 is 5.69 Å². The first-order chi connectivity index (χ1) is 9.92. The van der Waals surface area contributed by atoms with Gasteiger partial charge in [0.1, 0.15) is 0 Å². The zero-order chi connectivity index (χ0) is 15.6. The van der Waals surface area contributed by atoms with E-state index in [2.05, 4.69) is 30.2 Å². The van der Waals surface area contributed by atoms with E-state index >= 15 is 0 Å². The van der Waals surface area contributed by atoms with Crippen LogP contribution in [0.2, 0.25) is 0 Å². The molecule has 2 aromatic heterocycles. The monoisotopic (exact) mass is 285 g/mol. The highest BCUT2D eigenvalue weighted by Gasteiger charge is 2.13.